The molecule has 2 heterocycles. The molecule has 0 unspecified atom stereocenters. The first-order valence-electron chi connectivity index (χ1n) is 5.47. The minimum absolute atomic E-state index is 0.341. The average molecular weight is 326 g/mol. The molecule has 0 amide bonds. The molecule has 0 saturated heterocycles. The summed E-state index contributed by atoms with van der Waals surface area (Å²) in [5, 5.41) is 3.89. The van der Waals surface area contributed by atoms with Crippen LogP contribution < -0.4 is 0 Å². The number of fused-ring (bicyclic) bond motifs is 1. The van der Waals surface area contributed by atoms with E-state index >= 15 is 0 Å². The van der Waals surface area contributed by atoms with E-state index in [1.54, 1.807) is 19.2 Å². The number of hydrogen-bond donors (Lipinski definition) is 1. The lowest BCUT2D eigenvalue weighted by Gasteiger charge is -1.92. The van der Waals surface area contributed by atoms with Gasteiger partial charge in [0, 0.05) is 19.2 Å². The number of methoxy groups -OCH3 is 1. The third kappa shape index (κ3) is 2.26. The Morgan fingerprint density at radius 3 is 3.05 bits per heavy atom. The summed E-state index contributed by atoms with van der Waals surface area (Å²) in [6.45, 7) is 0.341. The molecule has 7 heteroatoms. The molecule has 98 valence electrons. The number of benzene rings is 1. The zero-order valence-electron chi connectivity index (χ0n) is 9.91. The van der Waals surface area contributed by atoms with Crippen LogP contribution in [0.2, 0.25) is 0 Å². The summed E-state index contributed by atoms with van der Waals surface area (Å²) >= 11 is 3.13. The van der Waals surface area contributed by atoms with Crippen LogP contribution in [0.5, 0.6) is 0 Å². The summed E-state index contributed by atoms with van der Waals surface area (Å²) in [7, 11) is 1.57. The van der Waals surface area contributed by atoms with Gasteiger partial charge in [-0.25, -0.2) is 9.37 Å². The van der Waals surface area contributed by atoms with Crippen molar-refractivity contribution in [1.82, 2.24) is 15.1 Å². The smallest absolute Gasteiger partial charge is 0.163 e. The predicted octanol–water partition coefficient (Wildman–Crippen LogP) is 3.27. The van der Waals surface area contributed by atoms with Gasteiger partial charge >= 0.3 is 0 Å². The second kappa shape index (κ2) is 4.75. The zero-order chi connectivity index (χ0) is 13.4. The molecule has 5 nitrogen and oxygen atoms in total. The standard InChI is InChI=1S/C12H9BrFN3O2/c1-18-5-6-2-11(17-19-6)12-15-9-3-7(13)8(14)4-10(9)16-12/h2-4H,5H2,1H3,(H,15,16). The van der Waals surface area contributed by atoms with Crippen molar-refractivity contribution in [3.8, 4) is 11.5 Å². The van der Waals surface area contributed by atoms with Gasteiger partial charge in [0.25, 0.3) is 0 Å². The van der Waals surface area contributed by atoms with Gasteiger partial charge in [0.15, 0.2) is 11.6 Å². The van der Waals surface area contributed by atoms with Gasteiger partial charge in [-0.2, -0.15) is 0 Å². The van der Waals surface area contributed by atoms with Crippen LogP contribution in [0.4, 0.5) is 4.39 Å². The van der Waals surface area contributed by atoms with Gasteiger partial charge < -0.3 is 14.2 Å². The Hall–Kier alpha value is -1.73. The molecule has 0 bridgehead atoms. The quantitative estimate of drug-likeness (QED) is 0.802. The molecule has 0 aliphatic rings. The van der Waals surface area contributed by atoms with Gasteiger partial charge in [-0.1, -0.05) is 5.16 Å². The summed E-state index contributed by atoms with van der Waals surface area (Å²) in [6.07, 6.45) is 0. The molecule has 19 heavy (non-hydrogen) atoms. The molecule has 3 aromatic rings. The molecule has 0 saturated carbocycles. The number of ether oxygens (including phenoxy) is 1. The molecule has 0 aliphatic carbocycles. The predicted molar refractivity (Wildman–Crippen MR) is 70.0 cm³/mol. The fraction of sp³-hybridized carbons (Fsp3) is 0.167. The number of aromatic nitrogens is 3. The molecule has 0 fully saturated rings. The van der Waals surface area contributed by atoms with Crippen LogP contribution in [0.25, 0.3) is 22.6 Å². The molecule has 0 radical (unpaired) electrons. The van der Waals surface area contributed by atoms with E-state index in [1.807, 2.05) is 0 Å². The Morgan fingerprint density at radius 1 is 1.42 bits per heavy atom. The van der Waals surface area contributed by atoms with Gasteiger partial charge in [0.05, 0.1) is 15.5 Å². The first-order chi connectivity index (χ1) is 9.17. The first-order valence-corrected chi connectivity index (χ1v) is 6.26. The Kier molecular flexibility index (Phi) is 3.08. The Balaban J connectivity index is 2.04. The van der Waals surface area contributed by atoms with E-state index in [4.69, 9.17) is 9.26 Å². The van der Waals surface area contributed by atoms with Gasteiger partial charge in [-0.3, -0.25) is 0 Å². The van der Waals surface area contributed by atoms with Crippen molar-refractivity contribution in [2.45, 2.75) is 6.61 Å². The van der Waals surface area contributed by atoms with Crippen molar-refractivity contribution in [3.05, 3.63) is 34.2 Å². The van der Waals surface area contributed by atoms with Crippen molar-refractivity contribution in [3.63, 3.8) is 0 Å². The summed E-state index contributed by atoms with van der Waals surface area (Å²) in [5.41, 5.74) is 1.81. The van der Waals surface area contributed by atoms with Crippen LogP contribution in [0.1, 0.15) is 5.76 Å². The maximum atomic E-state index is 13.4. The minimum atomic E-state index is -0.345. The number of hydrogen-bond acceptors (Lipinski definition) is 4. The van der Waals surface area contributed by atoms with Crippen LogP contribution >= 0.6 is 15.9 Å². The third-order valence-corrected chi connectivity index (χ3v) is 3.22. The highest BCUT2D eigenvalue weighted by atomic mass is 79.9. The lowest BCUT2D eigenvalue weighted by Crippen LogP contribution is -1.82. The molecular weight excluding hydrogens is 317 g/mol. The fourth-order valence-corrected chi connectivity index (χ4v) is 2.09. The number of halogens is 2. The Bertz CT molecular complexity index is 699. The third-order valence-electron chi connectivity index (χ3n) is 2.61. The average Bonchev–Trinajstić information content (AvgIpc) is 2.97. The summed E-state index contributed by atoms with van der Waals surface area (Å²) in [5.74, 6) is 0.784. The van der Waals surface area contributed by atoms with Crippen molar-refractivity contribution < 1.29 is 13.7 Å². The number of aromatic amines is 1. The Labute approximate surface area is 115 Å². The lowest BCUT2D eigenvalue weighted by atomic mass is 10.3. The van der Waals surface area contributed by atoms with E-state index < -0.39 is 0 Å². The normalized spacial score (nSPS) is 11.3. The second-order valence-corrected chi connectivity index (χ2v) is 4.83. The fourth-order valence-electron chi connectivity index (χ4n) is 1.76. The van der Waals surface area contributed by atoms with Gasteiger partial charge in [-0.15, -0.1) is 0 Å². The number of nitrogens with one attached hydrogen (secondary N) is 1. The van der Waals surface area contributed by atoms with Gasteiger partial charge in [-0.05, 0) is 22.0 Å². The number of imidazole rings is 1. The zero-order valence-corrected chi connectivity index (χ0v) is 11.5. The van der Waals surface area contributed by atoms with Crippen LogP contribution in [0, 0.1) is 5.82 Å². The molecule has 0 atom stereocenters. The van der Waals surface area contributed by atoms with Crippen molar-refractivity contribution in [2.24, 2.45) is 0 Å². The van der Waals surface area contributed by atoms with E-state index in [0.29, 0.717) is 39.4 Å². The monoisotopic (exact) mass is 325 g/mol. The van der Waals surface area contributed by atoms with Crippen molar-refractivity contribution >= 4 is 27.0 Å². The van der Waals surface area contributed by atoms with Gasteiger partial charge in [0.2, 0.25) is 0 Å². The molecule has 2 aromatic heterocycles. The van der Waals surface area contributed by atoms with Crippen LogP contribution in [-0.4, -0.2) is 22.2 Å². The second-order valence-electron chi connectivity index (χ2n) is 3.98. The molecule has 1 aromatic carbocycles. The number of rotatable bonds is 3. The van der Waals surface area contributed by atoms with Crippen molar-refractivity contribution in [1.29, 1.82) is 0 Å². The minimum Gasteiger partial charge on any atom is -0.377 e. The van der Waals surface area contributed by atoms with Gasteiger partial charge in [0.1, 0.15) is 18.1 Å². The van der Waals surface area contributed by atoms with E-state index in [0.717, 1.165) is 0 Å². The SMILES string of the molecule is COCc1cc(-c2nc3cc(Br)c(F)cc3[nH]2)no1. The molecule has 0 aliphatic heterocycles. The van der Waals surface area contributed by atoms with Crippen molar-refractivity contribution in [2.75, 3.05) is 7.11 Å². The highest BCUT2D eigenvalue weighted by Crippen LogP contribution is 2.25. The maximum absolute atomic E-state index is 13.4. The number of nitrogens with zero attached hydrogens (tertiary/aromatic N) is 2. The molecule has 1 N–H and O–H groups in total. The van der Waals surface area contributed by atoms with E-state index in [9.17, 15) is 4.39 Å². The van der Waals surface area contributed by atoms with Crippen LogP contribution in [0.3, 0.4) is 0 Å². The summed E-state index contributed by atoms with van der Waals surface area (Å²) < 4.78 is 23.8. The summed E-state index contributed by atoms with van der Waals surface area (Å²) in [4.78, 5) is 7.34. The first kappa shape index (κ1) is 12.3. The van der Waals surface area contributed by atoms with E-state index in [1.165, 1.54) is 6.07 Å². The largest absolute Gasteiger partial charge is 0.377 e. The van der Waals surface area contributed by atoms with E-state index in [-0.39, 0.29) is 5.82 Å². The molecule has 3 rings (SSSR count). The Morgan fingerprint density at radius 2 is 2.26 bits per heavy atom. The molecule has 0 spiro atoms. The van der Waals surface area contributed by atoms with Crippen LogP contribution in [-0.2, 0) is 11.3 Å². The molecular formula is C12H9BrFN3O2. The number of H-pyrrole nitrogens is 1. The van der Waals surface area contributed by atoms with Crippen LogP contribution in [0.15, 0.2) is 27.2 Å². The topological polar surface area (TPSA) is 63.9 Å². The highest BCUT2D eigenvalue weighted by molar-refractivity contribution is 9.10. The highest BCUT2D eigenvalue weighted by Gasteiger charge is 2.12. The summed E-state index contributed by atoms with van der Waals surface area (Å²) in [6, 6.07) is 4.72. The lowest BCUT2D eigenvalue weighted by molar-refractivity contribution is 0.156. The van der Waals surface area contributed by atoms with E-state index in [2.05, 4.69) is 31.1 Å². The maximum Gasteiger partial charge on any atom is 0.163 e.